The molecular formula is C16H24N4S. The Balaban J connectivity index is 2.15. The van der Waals surface area contributed by atoms with Crippen LogP contribution in [0.3, 0.4) is 0 Å². The summed E-state index contributed by atoms with van der Waals surface area (Å²) in [6, 6.07) is 10.9. The van der Waals surface area contributed by atoms with Crippen molar-refractivity contribution >= 4 is 11.8 Å². The van der Waals surface area contributed by atoms with Crippen molar-refractivity contribution in [3.63, 3.8) is 0 Å². The average molecular weight is 304 g/mol. The molecule has 1 atom stereocenters. The lowest BCUT2D eigenvalue weighted by atomic mass is 10.0. The maximum absolute atomic E-state index is 5.76. The van der Waals surface area contributed by atoms with E-state index < -0.39 is 0 Å². The molecule has 0 saturated carbocycles. The summed E-state index contributed by atoms with van der Waals surface area (Å²) in [6.07, 6.45) is 0.839. The van der Waals surface area contributed by atoms with Gasteiger partial charge >= 0.3 is 0 Å². The van der Waals surface area contributed by atoms with Crippen LogP contribution in [0.25, 0.3) is 0 Å². The molecule has 1 unspecified atom stereocenters. The number of thioether (sulfide) groups is 1. The van der Waals surface area contributed by atoms with Gasteiger partial charge in [0.05, 0.1) is 11.7 Å². The molecule has 4 nitrogen and oxygen atoms in total. The van der Waals surface area contributed by atoms with Gasteiger partial charge in [0.25, 0.3) is 0 Å². The van der Waals surface area contributed by atoms with Gasteiger partial charge < -0.3 is 0 Å². The first-order chi connectivity index (χ1) is 10.2. The highest BCUT2D eigenvalue weighted by atomic mass is 32.2. The van der Waals surface area contributed by atoms with Crippen LogP contribution in [0.15, 0.2) is 35.2 Å². The van der Waals surface area contributed by atoms with Crippen LogP contribution in [-0.4, -0.2) is 15.5 Å². The normalized spacial score (nSPS) is 12.6. The number of aromatic nitrogens is 2. The number of rotatable bonds is 7. The minimum Gasteiger partial charge on any atom is -0.271 e. The lowest BCUT2D eigenvalue weighted by molar-refractivity contribution is 0.517. The summed E-state index contributed by atoms with van der Waals surface area (Å²) in [5, 5.41) is 4.49. The molecule has 0 aliphatic rings. The zero-order valence-corrected chi connectivity index (χ0v) is 13.8. The molecule has 1 aromatic carbocycles. The molecule has 1 heterocycles. The number of nitrogens with zero attached hydrogens (tertiary/aromatic N) is 2. The van der Waals surface area contributed by atoms with E-state index in [2.05, 4.69) is 54.7 Å². The first-order valence-corrected chi connectivity index (χ1v) is 8.38. The monoisotopic (exact) mass is 304 g/mol. The van der Waals surface area contributed by atoms with Crippen molar-refractivity contribution in [1.82, 2.24) is 15.2 Å². The summed E-state index contributed by atoms with van der Waals surface area (Å²) in [5.41, 5.74) is 6.40. The van der Waals surface area contributed by atoms with Gasteiger partial charge in [-0.15, -0.1) is 11.8 Å². The Kier molecular flexibility index (Phi) is 5.85. The van der Waals surface area contributed by atoms with E-state index >= 15 is 0 Å². The van der Waals surface area contributed by atoms with E-state index in [9.17, 15) is 0 Å². The third-order valence-electron chi connectivity index (χ3n) is 3.49. The van der Waals surface area contributed by atoms with E-state index in [4.69, 9.17) is 5.84 Å². The minimum absolute atomic E-state index is 0.104. The van der Waals surface area contributed by atoms with Crippen LogP contribution in [0.2, 0.25) is 0 Å². The van der Waals surface area contributed by atoms with Crippen LogP contribution in [0.4, 0.5) is 0 Å². The largest absolute Gasteiger partial charge is 0.271 e. The number of hydrogen-bond acceptors (Lipinski definition) is 4. The molecule has 0 amide bonds. The number of nitrogens with one attached hydrogen (secondary N) is 1. The third kappa shape index (κ3) is 4.09. The Morgan fingerprint density at radius 3 is 2.57 bits per heavy atom. The highest BCUT2D eigenvalue weighted by Gasteiger charge is 2.14. The molecule has 0 radical (unpaired) electrons. The first-order valence-electron chi connectivity index (χ1n) is 7.40. The summed E-state index contributed by atoms with van der Waals surface area (Å²) in [4.78, 5) is 1.30. The molecule has 0 aliphatic heterocycles. The highest BCUT2D eigenvalue weighted by Crippen LogP contribution is 2.23. The molecule has 2 rings (SSSR count). The number of nitrogens with two attached hydrogens (primary N) is 1. The van der Waals surface area contributed by atoms with Crippen LogP contribution in [0.1, 0.15) is 36.8 Å². The lowest BCUT2D eigenvalue weighted by Gasteiger charge is -2.17. The summed E-state index contributed by atoms with van der Waals surface area (Å²) in [6.45, 7) is 7.18. The highest BCUT2D eigenvalue weighted by molar-refractivity contribution is 7.99. The Morgan fingerprint density at radius 1 is 1.29 bits per heavy atom. The fourth-order valence-electron chi connectivity index (χ4n) is 2.48. The molecule has 0 spiro atoms. The predicted molar refractivity (Wildman–Crippen MR) is 89.2 cm³/mol. The number of hydrogen-bond donors (Lipinski definition) is 2. The van der Waals surface area contributed by atoms with E-state index in [0.29, 0.717) is 0 Å². The number of benzene rings is 1. The molecule has 0 aliphatic carbocycles. The Bertz CT molecular complexity index is 562. The van der Waals surface area contributed by atoms with Crippen molar-refractivity contribution in [2.75, 3.05) is 5.75 Å². The van der Waals surface area contributed by atoms with E-state index in [-0.39, 0.29) is 6.04 Å². The van der Waals surface area contributed by atoms with Crippen molar-refractivity contribution in [1.29, 1.82) is 0 Å². The smallest absolute Gasteiger partial charge is 0.0596 e. The summed E-state index contributed by atoms with van der Waals surface area (Å²) in [7, 11) is 0. The van der Waals surface area contributed by atoms with Crippen molar-refractivity contribution in [2.45, 2.75) is 44.7 Å². The van der Waals surface area contributed by atoms with Gasteiger partial charge in [-0.25, -0.2) is 0 Å². The molecule has 2 aromatic rings. The Hall–Kier alpha value is -1.30. The van der Waals surface area contributed by atoms with Gasteiger partial charge in [0.15, 0.2) is 0 Å². The molecule has 0 saturated heterocycles. The molecule has 0 fully saturated rings. The van der Waals surface area contributed by atoms with Gasteiger partial charge in [-0.05, 0) is 43.4 Å². The SMILES string of the molecule is CCSc1ccc(C(Cc2cc(C)nn2CC)NN)cc1. The maximum atomic E-state index is 5.76. The summed E-state index contributed by atoms with van der Waals surface area (Å²) in [5.74, 6) is 6.85. The van der Waals surface area contributed by atoms with Gasteiger partial charge in [-0.2, -0.15) is 5.10 Å². The fourth-order valence-corrected chi connectivity index (χ4v) is 3.14. The molecule has 114 valence electrons. The standard InChI is InChI=1S/C16H24N4S/c1-4-20-14(10-12(3)19-20)11-16(18-17)13-6-8-15(9-7-13)21-5-2/h6-10,16,18H,4-5,11,17H2,1-3H3. The average Bonchev–Trinajstić information content (AvgIpc) is 2.86. The van der Waals surface area contributed by atoms with Gasteiger partial charge in [0, 0.05) is 23.6 Å². The number of aryl methyl sites for hydroxylation is 2. The van der Waals surface area contributed by atoms with Crippen molar-refractivity contribution in [3.8, 4) is 0 Å². The topological polar surface area (TPSA) is 55.9 Å². The second kappa shape index (κ2) is 7.64. The fraction of sp³-hybridized carbons (Fsp3) is 0.438. The molecule has 3 N–H and O–H groups in total. The molecular weight excluding hydrogens is 280 g/mol. The van der Waals surface area contributed by atoms with E-state index in [1.807, 2.05) is 23.4 Å². The number of hydrazine groups is 1. The summed E-state index contributed by atoms with van der Waals surface area (Å²) >= 11 is 1.85. The van der Waals surface area contributed by atoms with Crippen LogP contribution in [0, 0.1) is 6.92 Å². The van der Waals surface area contributed by atoms with Gasteiger partial charge in [-0.1, -0.05) is 19.1 Å². The first kappa shape index (κ1) is 16.1. The molecule has 21 heavy (non-hydrogen) atoms. The van der Waals surface area contributed by atoms with Crippen LogP contribution >= 0.6 is 11.8 Å². The third-order valence-corrected chi connectivity index (χ3v) is 4.39. The van der Waals surface area contributed by atoms with E-state index in [1.165, 1.54) is 16.2 Å². The van der Waals surface area contributed by atoms with E-state index in [0.717, 1.165) is 24.4 Å². The molecule has 0 bridgehead atoms. The van der Waals surface area contributed by atoms with Crippen LogP contribution < -0.4 is 11.3 Å². The lowest BCUT2D eigenvalue weighted by Crippen LogP contribution is -2.30. The van der Waals surface area contributed by atoms with Gasteiger partial charge in [0.2, 0.25) is 0 Å². The zero-order chi connectivity index (χ0) is 15.2. The van der Waals surface area contributed by atoms with E-state index in [1.54, 1.807) is 0 Å². The predicted octanol–water partition coefficient (Wildman–Crippen LogP) is 3.07. The Morgan fingerprint density at radius 2 is 2.00 bits per heavy atom. The van der Waals surface area contributed by atoms with Crippen LogP contribution in [-0.2, 0) is 13.0 Å². The van der Waals surface area contributed by atoms with Gasteiger partial charge in [0.1, 0.15) is 0 Å². The van der Waals surface area contributed by atoms with Crippen LogP contribution in [0.5, 0.6) is 0 Å². The van der Waals surface area contributed by atoms with Crippen molar-refractivity contribution in [2.24, 2.45) is 5.84 Å². The second-order valence-electron chi connectivity index (χ2n) is 5.02. The van der Waals surface area contributed by atoms with Crippen molar-refractivity contribution < 1.29 is 0 Å². The second-order valence-corrected chi connectivity index (χ2v) is 6.36. The Labute approximate surface area is 131 Å². The summed E-state index contributed by atoms with van der Waals surface area (Å²) < 4.78 is 2.04. The zero-order valence-electron chi connectivity index (χ0n) is 13.0. The van der Waals surface area contributed by atoms with Gasteiger partial charge in [-0.3, -0.25) is 16.0 Å². The maximum Gasteiger partial charge on any atom is 0.0596 e. The molecule has 5 heteroatoms. The van der Waals surface area contributed by atoms with Crippen molar-refractivity contribution in [3.05, 3.63) is 47.3 Å². The molecule has 1 aromatic heterocycles. The quantitative estimate of drug-likeness (QED) is 0.469. The minimum atomic E-state index is 0.104.